The highest BCUT2D eigenvalue weighted by atomic mass is 19.4. The molecule has 0 saturated heterocycles. The van der Waals surface area contributed by atoms with E-state index < -0.39 is 42.0 Å². The molecule has 0 aromatic heterocycles. The van der Waals surface area contributed by atoms with Gasteiger partial charge in [-0.1, -0.05) is 13.8 Å². The molecule has 0 heterocycles. The van der Waals surface area contributed by atoms with Crippen molar-refractivity contribution in [1.29, 1.82) is 0 Å². The minimum absolute atomic E-state index is 0.0114. The molecule has 14 heteroatoms. The smallest absolute Gasteiger partial charge is 0.430 e. The monoisotopic (exact) mass is 416 g/mol. The van der Waals surface area contributed by atoms with Gasteiger partial charge in [-0.05, 0) is 12.8 Å². The van der Waals surface area contributed by atoms with Crippen molar-refractivity contribution in [2.24, 2.45) is 5.92 Å². The number of carboxylic acids is 2. The second-order valence-electron chi connectivity index (χ2n) is 5.67. The Labute approximate surface area is 157 Å². The van der Waals surface area contributed by atoms with E-state index in [1.165, 1.54) is 6.92 Å². The highest BCUT2D eigenvalue weighted by Gasteiger charge is 2.29. The summed E-state index contributed by atoms with van der Waals surface area (Å²) in [5.74, 6) is -5.91. The number of hydrogen-bond acceptors (Lipinski definition) is 6. The van der Waals surface area contributed by atoms with Gasteiger partial charge in [0, 0.05) is 0 Å². The van der Waals surface area contributed by atoms with Crippen LogP contribution in [0.1, 0.15) is 20.8 Å². The van der Waals surface area contributed by atoms with Gasteiger partial charge in [0.2, 0.25) is 11.8 Å². The van der Waals surface area contributed by atoms with Crippen molar-refractivity contribution in [2.45, 2.75) is 39.0 Å². The first-order chi connectivity index (χ1) is 12.6. The Balaban J connectivity index is 0. The molecule has 11 nitrogen and oxygen atoms in total. The SMILES string of the molecule is CC(C)[C@H](NC(=O)CNC(=O)C[NH3+])C(=O)N[C@@H](C)C(=O)O.O=C([O-])C(F)(F)F. The zero-order chi connectivity index (χ0) is 22.7. The van der Waals surface area contributed by atoms with Crippen molar-refractivity contribution in [3.05, 3.63) is 0 Å². The van der Waals surface area contributed by atoms with Gasteiger partial charge in [-0.3, -0.25) is 19.2 Å². The normalized spacial score (nSPS) is 12.7. The summed E-state index contributed by atoms with van der Waals surface area (Å²) >= 11 is 0. The van der Waals surface area contributed by atoms with E-state index in [-0.39, 0.29) is 24.9 Å². The Kier molecular flexibility index (Phi) is 12.2. The molecule has 0 aliphatic heterocycles. The van der Waals surface area contributed by atoms with Gasteiger partial charge in [0.1, 0.15) is 18.1 Å². The molecule has 162 valence electrons. The quantitative estimate of drug-likeness (QED) is 0.269. The molecule has 0 aromatic rings. The lowest BCUT2D eigenvalue weighted by molar-refractivity contribution is -0.355. The molecule has 0 rings (SSSR count). The number of hydrogen-bond donors (Lipinski definition) is 5. The molecule has 7 N–H and O–H groups in total. The number of amides is 3. The van der Waals surface area contributed by atoms with Gasteiger partial charge >= 0.3 is 12.1 Å². The van der Waals surface area contributed by atoms with Gasteiger partial charge in [0.05, 0.1) is 6.54 Å². The minimum atomic E-state index is -5.19. The molecule has 3 amide bonds. The molecule has 0 radical (unpaired) electrons. The molecular formula is C14H23F3N4O7. The number of carbonyl (C=O) groups is 5. The molecule has 0 bridgehead atoms. The first-order valence-corrected chi connectivity index (χ1v) is 7.80. The van der Waals surface area contributed by atoms with Crippen molar-refractivity contribution in [3.8, 4) is 0 Å². The maximum absolute atomic E-state index is 11.9. The number of carboxylic acid groups (broad SMARTS) is 2. The second kappa shape index (κ2) is 12.5. The molecule has 28 heavy (non-hydrogen) atoms. The highest BCUT2D eigenvalue weighted by Crippen LogP contribution is 2.11. The molecule has 0 fully saturated rings. The van der Waals surface area contributed by atoms with Gasteiger partial charge in [-0.2, -0.15) is 13.2 Å². The first kappa shape index (κ1) is 27.3. The molecule has 2 atom stereocenters. The van der Waals surface area contributed by atoms with Crippen LogP contribution < -0.4 is 26.8 Å². The van der Waals surface area contributed by atoms with Gasteiger partial charge in [-0.25, -0.2) is 0 Å². The Hall–Kier alpha value is -2.90. The fraction of sp³-hybridized carbons (Fsp3) is 0.643. The maximum Gasteiger partial charge on any atom is 0.430 e. The standard InChI is InChI=1S/C12H22N4O5.C2HF3O2/c1-6(2)10(11(19)15-7(3)12(20)21)16-9(18)5-14-8(17)4-13;3-2(4,5)1(6)7/h6-7,10H,4-5,13H2,1-3H3,(H,14,17)(H,15,19)(H,16,18)(H,20,21);(H,6,7)/t7-,10-;/m0./s1. The van der Waals surface area contributed by atoms with Gasteiger partial charge < -0.3 is 36.7 Å². The predicted molar refractivity (Wildman–Crippen MR) is 83.8 cm³/mol. The van der Waals surface area contributed by atoms with E-state index in [0.717, 1.165) is 0 Å². The van der Waals surface area contributed by atoms with Crippen LogP contribution in [0.15, 0.2) is 0 Å². The van der Waals surface area contributed by atoms with E-state index in [9.17, 15) is 32.3 Å². The van der Waals surface area contributed by atoms with E-state index in [4.69, 9.17) is 15.0 Å². The van der Waals surface area contributed by atoms with Crippen LogP contribution in [-0.2, 0) is 24.0 Å². The van der Waals surface area contributed by atoms with Crippen LogP contribution in [0.5, 0.6) is 0 Å². The van der Waals surface area contributed by atoms with E-state index in [1.807, 2.05) is 0 Å². The van der Waals surface area contributed by atoms with Crippen LogP contribution in [-0.4, -0.2) is 66.1 Å². The van der Waals surface area contributed by atoms with Crippen LogP contribution in [0.2, 0.25) is 0 Å². The third-order valence-electron chi connectivity index (χ3n) is 2.90. The average molecular weight is 416 g/mol. The summed E-state index contributed by atoms with van der Waals surface area (Å²) in [5.41, 5.74) is 3.37. The van der Waals surface area contributed by atoms with Crippen LogP contribution in [0, 0.1) is 5.92 Å². The molecule has 0 aliphatic carbocycles. The second-order valence-corrected chi connectivity index (χ2v) is 5.67. The van der Waals surface area contributed by atoms with Crippen molar-refractivity contribution < 1.29 is 53.1 Å². The third-order valence-corrected chi connectivity index (χ3v) is 2.90. The largest absolute Gasteiger partial charge is 0.542 e. The first-order valence-electron chi connectivity index (χ1n) is 7.80. The van der Waals surface area contributed by atoms with Gasteiger partial charge in [0.15, 0.2) is 6.54 Å². The maximum atomic E-state index is 11.9. The summed E-state index contributed by atoms with van der Waals surface area (Å²) < 4.78 is 31.5. The topological polar surface area (TPSA) is 192 Å². The predicted octanol–water partition coefficient (Wildman–Crippen LogP) is -3.63. The summed E-state index contributed by atoms with van der Waals surface area (Å²) in [6.07, 6.45) is -5.19. The summed E-state index contributed by atoms with van der Waals surface area (Å²) in [6.45, 7) is 4.50. The van der Waals surface area contributed by atoms with Crippen molar-refractivity contribution in [3.63, 3.8) is 0 Å². The van der Waals surface area contributed by atoms with Crippen LogP contribution in [0.4, 0.5) is 13.2 Å². The van der Waals surface area contributed by atoms with Gasteiger partial charge in [0.25, 0.3) is 5.91 Å². The Morgan fingerprint density at radius 1 is 1.04 bits per heavy atom. The Bertz CT molecular complexity index is 582. The molecule has 0 aliphatic rings. The summed E-state index contributed by atoms with van der Waals surface area (Å²) in [5, 5.41) is 24.6. The molecule has 0 aromatic carbocycles. The lowest BCUT2D eigenvalue weighted by atomic mass is 10.0. The summed E-state index contributed by atoms with van der Waals surface area (Å²) in [7, 11) is 0. The number of quaternary nitrogens is 1. The number of rotatable bonds is 8. The minimum Gasteiger partial charge on any atom is -0.542 e. The number of nitrogens with one attached hydrogen (secondary N) is 3. The van der Waals surface area contributed by atoms with E-state index in [2.05, 4.69) is 21.7 Å². The average Bonchev–Trinajstić information content (AvgIpc) is 2.56. The lowest BCUT2D eigenvalue weighted by Gasteiger charge is -2.23. The highest BCUT2D eigenvalue weighted by molar-refractivity contribution is 5.92. The summed E-state index contributed by atoms with van der Waals surface area (Å²) in [6, 6.07) is -1.93. The number of alkyl halides is 3. The third kappa shape index (κ3) is 12.5. The number of carbonyl (C=O) groups excluding carboxylic acids is 4. The van der Waals surface area contributed by atoms with Crippen molar-refractivity contribution >= 4 is 29.7 Å². The number of halogens is 3. The molecule has 0 saturated carbocycles. The van der Waals surface area contributed by atoms with Crippen molar-refractivity contribution in [2.75, 3.05) is 13.1 Å². The number of aliphatic carboxylic acids is 2. The van der Waals surface area contributed by atoms with Gasteiger partial charge in [-0.15, -0.1) is 0 Å². The Morgan fingerprint density at radius 2 is 1.50 bits per heavy atom. The zero-order valence-electron chi connectivity index (χ0n) is 15.4. The van der Waals surface area contributed by atoms with E-state index >= 15 is 0 Å². The fourth-order valence-electron chi connectivity index (χ4n) is 1.39. The molecular weight excluding hydrogens is 393 g/mol. The van der Waals surface area contributed by atoms with Crippen LogP contribution >= 0.6 is 0 Å². The lowest BCUT2D eigenvalue weighted by Crippen LogP contribution is -2.58. The summed E-state index contributed by atoms with van der Waals surface area (Å²) in [4.78, 5) is 54.1. The molecule has 0 unspecified atom stereocenters. The molecule has 0 spiro atoms. The van der Waals surface area contributed by atoms with Crippen LogP contribution in [0.25, 0.3) is 0 Å². The van der Waals surface area contributed by atoms with E-state index in [1.54, 1.807) is 13.8 Å². The van der Waals surface area contributed by atoms with E-state index in [0.29, 0.717) is 0 Å². The van der Waals surface area contributed by atoms with Crippen molar-refractivity contribution in [1.82, 2.24) is 16.0 Å². The zero-order valence-corrected chi connectivity index (χ0v) is 15.4. The Morgan fingerprint density at radius 3 is 1.82 bits per heavy atom. The fourth-order valence-corrected chi connectivity index (χ4v) is 1.39. The van der Waals surface area contributed by atoms with Crippen LogP contribution in [0.3, 0.4) is 0 Å².